The van der Waals surface area contributed by atoms with E-state index in [1.165, 1.54) is 44.6 Å². The van der Waals surface area contributed by atoms with Crippen LogP contribution >= 0.6 is 11.6 Å². The van der Waals surface area contributed by atoms with Crippen LogP contribution in [-0.2, 0) is 6.54 Å². The second-order valence-corrected chi connectivity index (χ2v) is 9.81. The van der Waals surface area contributed by atoms with Crippen molar-refractivity contribution < 1.29 is 14.1 Å². The first-order chi connectivity index (χ1) is 13.0. The van der Waals surface area contributed by atoms with Crippen LogP contribution in [0.15, 0.2) is 34.7 Å². The lowest BCUT2D eigenvalue weighted by Crippen LogP contribution is -2.91. The van der Waals surface area contributed by atoms with Gasteiger partial charge in [-0.3, -0.25) is 0 Å². The number of nitrogens with two attached hydrogens (primary N) is 1. The van der Waals surface area contributed by atoms with Gasteiger partial charge in [0.05, 0.1) is 11.1 Å². The van der Waals surface area contributed by atoms with E-state index < -0.39 is 5.82 Å². The van der Waals surface area contributed by atoms with Crippen molar-refractivity contribution in [3.8, 4) is 11.3 Å². The summed E-state index contributed by atoms with van der Waals surface area (Å²) < 4.78 is 19.4. The largest absolute Gasteiger partial charge is 0.455 e. The van der Waals surface area contributed by atoms with E-state index in [2.05, 4.69) is 12.2 Å². The average molecular weight is 389 g/mol. The molecule has 1 aromatic heterocycles. The van der Waals surface area contributed by atoms with Crippen LogP contribution in [0.2, 0.25) is 5.02 Å². The SMILES string of the molecule is C[C@H]([NH2+]Cc1ccc(-c2ccc(F)c(Cl)c2)o1)C12CC3CC(CC(C3)C1)C2. The molecule has 2 aromatic rings. The number of hydrogen-bond acceptors (Lipinski definition) is 1. The molecule has 0 aliphatic heterocycles. The molecule has 0 amide bonds. The fraction of sp³-hybridized carbons (Fsp3) is 0.565. The summed E-state index contributed by atoms with van der Waals surface area (Å²) in [6, 6.07) is 9.37. The Kier molecular flexibility index (Phi) is 4.36. The third kappa shape index (κ3) is 3.23. The molecule has 4 aliphatic rings. The van der Waals surface area contributed by atoms with Crippen LogP contribution in [0.3, 0.4) is 0 Å². The monoisotopic (exact) mass is 388 g/mol. The number of quaternary nitrogens is 1. The van der Waals surface area contributed by atoms with E-state index in [0.717, 1.165) is 41.4 Å². The second kappa shape index (κ2) is 6.63. The molecule has 1 aromatic carbocycles. The Balaban J connectivity index is 1.25. The van der Waals surface area contributed by atoms with E-state index in [0.29, 0.717) is 11.5 Å². The third-order valence-electron chi connectivity index (χ3n) is 7.59. The smallest absolute Gasteiger partial charge is 0.158 e. The normalized spacial score (nSPS) is 32.8. The number of furan rings is 1. The lowest BCUT2D eigenvalue weighted by molar-refractivity contribution is -0.718. The van der Waals surface area contributed by atoms with Gasteiger partial charge in [0, 0.05) is 11.0 Å². The van der Waals surface area contributed by atoms with Crippen molar-refractivity contribution in [2.75, 3.05) is 0 Å². The molecule has 4 bridgehead atoms. The van der Waals surface area contributed by atoms with Crippen LogP contribution < -0.4 is 5.32 Å². The lowest BCUT2D eigenvalue weighted by atomic mass is 9.48. The zero-order valence-electron chi connectivity index (χ0n) is 15.9. The molecule has 0 radical (unpaired) electrons. The van der Waals surface area contributed by atoms with Crippen molar-refractivity contribution in [2.24, 2.45) is 23.2 Å². The Bertz CT molecular complexity index is 809. The van der Waals surface area contributed by atoms with Gasteiger partial charge < -0.3 is 9.73 Å². The maximum atomic E-state index is 13.4. The van der Waals surface area contributed by atoms with Crippen LogP contribution in [0, 0.1) is 29.0 Å². The maximum Gasteiger partial charge on any atom is 0.158 e. The van der Waals surface area contributed by atoms with Gasteiger partial charge in [0.15, 0.2) is 5.76 Å². The van der Waals surface area contributed by atoms with Gasteiger partial charge in [-0.25, -0.2) is 4.39 Å². The molecule has 1 heterocycles. The predicted molar refractivity (Wildman–Crippen MR) is 105 cm³/mol. The quantitative estimate of drug-likeness (QED) is 0.729. The Labute approximate surface area is 165 Å². The molecule has 2 nitrogen and oxygen atoms in total. The average Bonchev–Trinajstić information content (AvgIpc) is 3.10. The summed E-state index contributed by atoms with van der Waals surface area (Å²) >= 11 is 5.90. The summed E-state index contributed by atoms with van der Waals surface area (Å²) in [5.41, 5.74) is 1.37. The highest BCUT2D eigenvalue weighted by atomic mass is 35.5. The van der Waals surface area contributed by atoms with E-state index in [1.807, 2.05) is 12.1 Å². The number of halogens is 2. The standard InChI is InChI=1S/C23H27ClFNO/c1-14(23-10-15-6-16(11-23)8-17(7-15)12-23)26-13-19-3-5-22(27-19)18-2-4-21(25)20(24)9-18/h2-5,9,14-17,26H,6-8,10-13H2,1H3/p+1/t14-,15?,16?,17?,23?/m0/s1. The maximum absolute atomic E-state index is 13.4. The van der Waals surface area contributed by atoms with Gasteiger partial charge in [-0.1, -0.05) is 11.6 Å². The van der Waals surface area contributed by atoms with Crippen molar-refractivity contribution in [3.63, 3.8) is 0 Å². The van der Waals surface area contributed by atoms with Gasteiger partial charge in [0.1, 0.15) is 18.1 Å². The summed E-state index contributed by atoms with van der Waals surface area (Å²) in [6.45, 7) is 3.29. The van der Waals surface area contributed by atoms with Gasteiger partial charge in [0.2, 0.25) is 0 Å². The minimum atomic E-state index is -0.398. The fourth-order valence-electron chi connectivity index (χ4n) is 6.57. The Morgan fingerprint density at radius 1 is 1.11 bits per heavy atom. The van der Waals surface area contributed by atoms with E-state index >= 15 is 0 Å². The molecule has 4 aliphatic carbocycles. The number of benzene rings is 1. The predicted octanol–water partition coefficient (Wildman–Crippen LogP) is 5.41. The molecule has 0 saturated heterocycles. The van der Waals surface area contributed by atoms with Gasteiger partial charge in [0.25, 0.3) is 0 Å². The van der Waals surface area contributed by atoms with Gasteiger partial charge >= 0.3 is 0 Å². The lowest BCUT2D eigenvalue weighted by Gasteiger charge is -2.57. The first-order valence-electron chi connectivity index (χ1n) is 10.4. The highest BCUT2D eigenvalue weighted by molar-refractivity contribution is 6.31. The van der Waals surface area contributed by atoms with Crippen molar-refractivity contribution in [3.05, 3.63) is 46.9 Å². The summed E-state index contributed by atoms with van der Waals surface area (Å²) in [4.78, 5) is 0. The molecule has 4 fully saturated rings. The Morgan fingerprint density at radius 2 is 1.78 bits per heavy atom. The summed E-state index contributed by atoms with van der Waals surface area (Å²) in [6.07, 6.45) is 8.80. The second-order valence-electron chi connectivity index (χ2n) is 9.40. The Morgan fingerprint density at radius 3 is 2.41 bits per heavy atom. The third-order valence-corrected chi connectivity index (χ3v) is 7.88. The first-order valence-corrected chi connectivity index (χ1v) is 10.8. The molecule has 0 spiro atoms. The van der Waals surface area contributed by atoms with Crippen LogP contribution in [0.5, 0.6) is 0 Å². The summed E-state index contributed by atoms with van der Waals surface area (Å²) in [5.74, 6) is 4.30. The topological polar surface area (TPSA) is 29.8 Å². The zero-order valence-corrected chi connectivity index (χ0v) is 16.6. The summed E-state index contributed by atoms with van der Waals surface area (Å²) in [7, 11) is 0. The highest BCUT2D eigenvalue weighted by Crippen LogP contribution is 2.60. The van der Waals surface area contributed by atoms with E-state index in [9.17, 15) is 4.39 Å². The van der Waals surface area contributed by atoms with E-state index in [1.54, 1.807) is 12.1 Å². The van der Waals surface area contributed by atoms with Crippen LogP contribution in [0.1, 0.15) is 51.2 Å². The highest BCUT2D eigenvalue weighted by Gasteiger charge is 2.54. The molecule has 2 N–H and O–H groups in total. The van der Waals surface area contributed by atoms with Crippen LogP contribution in [0.25, 0.3) is 11.3 Å². The fourth-order valence-corrected chi connectivity index (χ4v) is 6.75. The molecule has 0 unspecified atom stereocenters. The molecule has 4 heteroatoms. The van der Waals surface area contributed by atoms with E-state index in [-0.39, 0.29) is 5.02 Å². The molecule has 6 rings (SSSR count). The van der Waals surface area contributed by atoms with Gasteiger partial charge in [-0.05, 0) is 93.5 Å². The number of rotatable bonds is 5. The van der Waals surface area contributed by atoms with Gasteiger partial charge in [-0.15, -0.1) is 0 Å². The van der Waals surface area contributed by atoms with Crippen LogP contribution in [-0.4, -0.2) is 6.04 Å². The van der Waals surface area contributed by atoms with Gasteiger partial charge in [-0.2, -0.15) is 0 Å². The molecule has 144 valence electrons. The zero-order chi connectivity index (χ0) is 18.6. The number of hydrogen-bond donors (Lipinski definition) is 1. The Hall–Kier alpha value is -1.32. The van der Waals surface area contributed by atoms with Crippen LogP contribution in [0.4, 0.5) is 4.39 Å². The van der Waals surface area contributed by atoms with Crippen molar-refractivity contribution in [1.82, 2.24) is 0 Å². The van der Waals surface area contributed by atoms with Crippen molar-refractivity contribution in [2.45, 2.75) is 58.0 Å². The minimum absolute atomic E-state index is 0.132. The summed E-state index contributed by atoms with van der Waals surface area (Å²) in [5, 5.41) is 2.61. The molecular formula is C23H28ClFNO+. The first kappa shape index (κ1) is 17.8. The molecule has 1 atom stereocenters. The minimum Gasteiger partial charge on any atom is -0.455 e. The molecular weight excluding hydrogens is 361 g/mol. The van der Waals surface area contributed by atoms with Crippen molar-refractivity contribution >= 4 is 11.6 Å². The van der Waals surface area contributed by atoms with E-state index in [4.69, 9.17) is 16.0 Å². The van der Waals surface area contributed by atoms with Crippen molar-refractivity contribution in [1.29, 1.82) is 0 Å². The molecule has 4 saturated carbocycles. The molecule has 27 heavy (non-hydrogen) atoms.